The Kier molecular flexibility index (Phi) is 3.56. The maximum absolute atomic E-state index is 5.38. The Morgan fingerprint density at radius 3 is 2.85 bits per heavy atom. The van der Waals surface area contributed by atoms with Crippen molar-refractivity contribution in [2.45, 2.75) is 44.4 Å². The van der Waals surface area contributed by atoms with E-state index in [0.29, 0.717) is 5.89 Å². The van der Waals surface area contributed by atoms with E-state index in [4.69, 9.17) is 4.52 Å². The van der Waals surface area contributed by atoms with E-state index in [-0.39, 0.29) is 4.75 Å². The highest BCUT2D eigenvalue weighted by molar-refractivity contribution is 7.99. The van der Waals surface area contributed by atoms with Crippen LogP contribution in [0.4, 0.5) is 0 Å². The van der Waals surface area contributed by atoms with Crippen LogP contribution in [-0.2, 0) is 18.8 Å². The van der Waals surface area contributed by atoms with E-state index in [0.717, 1.165) is 30.2 Å². The molecule has 0 aliphatic carbocycles. The van der Waals surface area contributed by atoms with Crippen LogP contribution >= 0.6 is 11.8 Å². The lowest BCUT2D eigenvalue weighted by molar-refractivity contribution is 0.425. The van der Waals surface area contributed by atoms with Crippen LogP contribution in [0.5, 0.6) is 0 Å². The second kappa shape index (κ2) is 5.22. The molecule has 0 atom stereocenters. The minimum absolute atomic E-state index is 0.208. The molecule has 2 heterocycles. The Morgan fingerprint density at radius 1 is 1.25 bits per heavy atom. The summed E-state index contributed by atoms with van der Waals surface area (Å²) in [7, 11) is 0. The zero-order chi connectivity index (χ0) is 14.2. The second-order valence-electron chi connectivity index (χ2n) is 6.00. The van der Waals surface area contributed by atoms with Crippen molar-refractivity contribution in [1.82, 2.24) is 15.5 Å². The maximum atomic E-state index is 5.38. The second-order valence-corrected chi connectivity index (χ2v) is 7.81. The molecule has 0 radical (unpaired) electrons. The van der Waals surface area contributed by atoms with Gasteiger partial charge in [0.05, 0.1) is 5.75 Å². The highest BCUT2D eigenvalue weighted by atomic mass is 32.2. The molecule has 3 rings (SSSR count). The summed E-state index contributed by atoms with van der Waals surface area (Å²) in [4.78, 5) is 4.49. The van der Waals surface area contributed by atoms with Gasteiger partial charge < -0.3 is 9.84 Å². The fourth-order valence-corrected chi connectivity index (χ4v) is 2.82. The summed E-state index contributed by atoms with van der Waals surface area (Å²) >= 11 is 1.82. The summed E-state index contributed by atoms with van der Waals surface area (Å²) in [5.41, 5.74) is 3.69. The molecule has 1 aromatic carbocycles. The van der Waals surface area contributed by atoms with Crippen LogP contribution in [-0.4, -0.2) is 14.9 Å². The molecule has 1 N–H and O–H groups in total. The predicted molar refractivity (Wildman–Crippen MR) is 81.3 cm³/mol. The molecule has 0 unspecified atom stereocenters. The van der Waals surface area contributed by atoms with Crippen molar-refractivity contribution in [3.63, 3.8) is 0 Å². The van der Waals surface area contributed by atoms with E-state index < -0.39 is 0 Å². The van der Waals surface area contributed by atoms with Gasteiger partial charge in [0, 0.05) is 23.4 Å². The molecule has 0 amide bonds. The Labute approximate surface area is 123 Å². The van der Waals surface area contributed by atoms with Crippen molar-refractivity contribution in [2.24, 2.45) is 0 Å². The standard InChI is InChI=1S/C15H19N3OS/c1-15(2,3)20-9-13-17-14(19-18-13)10-4-5-11-7-16-8-12(11)6-10/h4-6,16H,7-9H2,1-3H3. The van der Waals surface area contributed by atoms with Crippen LogP contribution < -0.4 is 5.32 Å². The molecule has 0 saturated heterocycles. The Balaban J connectivity index is 1.76. The Hall–Kier alpha value is -1.33. The maximum Gasteiger partial charge on any atom is 0.257 e. The fraction of sp³-hybridized carbons (Fsp3) is 0.467. The van der Waals surface area contributed by atoms with Gasteiger partial charge in [-0.15, -0.1) is 11.8 Å². The molecule has 1 aromatic heterocycles. The monoisotopic (exact) mass is 289 g/mol. The van der Waals surface area contributed by atoms with Crippen molar-refractivity contribution in [3.05, 3.63) is 35.2 Å². The number of hydrogen-bond acceptors (Lipinski definition) is 5. The van der Waals surface area contributed by atoms with Crippen molar-refractivity contribution in [3.8, 4) is 11.5 Å². The molecule has 0 bridgehead atoms. The van der Waals surface area contributed by atoms with E-state index in [1.807, 2.05) is 11.8 Å². The molecule has 4 nitrogen and oxygen atoms in total. The average molecular weight is 289 g/mol. The third-order valence-corrected chi connectivity index (χ3v) is 4.46. The molecule has 5 heteroatoms. The van der Waals surface area contributed by atoms with Gasteiger partial charge in [0.25, 0.3) is 5.89 Å². The first-order valence-electron chi connectivity index (χ1n) is 6.81. The van der Waals surface area contributed by atoms with Crippen molar-refractivity contribution >= 4 is 11.8 Å². The third-order valence-electron chi connectivity index (χ3n) is 3.19. The van der Waals surface area contributed by atoms with Crippen molar-refractivity contribution < 1.29 is 4.52 Å². The van der Waals surface area contributed by atoms with Gasteiger partial charge in [0.2, 0.25) is 0 Å². The van der Waals surface area contributed by atoms with Gasteiger partial charge in [-0.3, -0.25) is 0 Å². The van der Waals surface area contributed by atoms with Gasteiger partial charge in [-0.25, -0.2) is 0 Å². The van der Waals surface area contributed by atoms with Gasteiger partial charge in [-0.05, 0) is 23.3 Å². The molecule has 0 spiro atoms. The first-order valence-corrected chi connectivity index (χ1v) is 7.79. The first-order chi connectivity index (χ1) is 9.51. The van der Waals surface area contributed by atoms with E-state index >= 15 is 0 Å². The number of thioether (sulfide) groups is 1. The highest BCUT2D eigenvalue weighted by Gasteiger charge is 2.16. The molecule has 2 aromatic rings. The van der Waals surface area contributed by atoms with Crippen LogP contribution in [0.2, 0.25) is 0 Å². The predicted octanol–water partition coefficient (Wildman–Crippen LogP) is 3.37. The van der Waals surface area contributed by atoms with Crippen LogP contribution in [0.3, 0.4) is 0 Å². The average Bonchev–Trinajstić information content (AvgIpc) is 3.03. The summed E-state index contributed by atoms with van der Waals surface area (Å²) < 4.78 is 5.59. The summed E-state index contributed by atoms with van der Waals surface area (Å²) in [5, 5.41) is 7.41. The van der Waals surface area contributed by atoms with Crippen LogP contribution in [0.15, 0.2) is 22.7 Å². The van der Waals surface area contributed by atoms with Crippen LogP contribution in [0, 0.1) is 0 Å². The largest absolute Gasteiger partial charge is 0.334 e. The van der Waals surface area contributed by atoms with E-state index in [9.17, 15) is 0 Å². The topological polar surface area (TPSA) is 51.0 Å². The molecule has 106 valence electrons. The van der Waals surface area contributed by atoms with Crippen LogP contribution in [0.1, 0.15) is 37.7 Å². The van der Waals surface area contributed by atoms with Gasteiger partial charge in [0.15, 0.2) is 5.82 Å². The highest BCUT2D eigenvalue weighted by Crippen LogP contribution is 2.28. The number of nitrogens with zero attached hydrogens (tertiary/aromatic N) is 2. The lowest BCUT2D eigenvalue weighted by Gasteiger charge is -2.15. The molecule has 20 heavy (non-hydrogen) atoms. The number of nitrogens with one attached hydrogen (secondary N) is 1. The molecular formula is C15H19N3OS. The molecule has 1 aliphatic heterocycles. The van der Waals surface area contributed by atoms with E-state index in [1.165, 1.54) is 11.1 Å². The third kappa shape index (κ3) is 3.04. The number of hydrogen-bond donors (Lipinski definition) is 1. The number of benzene rings is 1. The Morgan fingerprint density at radius 2 is 2.05 bits per heavy atom. The summed E-state index contributed by atoms with van der Waals surface area (Å²) in [6, 6.07) is 6.34. The molecular weight excluding hydrogens is 270 g/mol. The van der Waals surface area contributed by atoms with Crippen LogP contribution in [0.25, 0.3) is 11.5 Å². The zero-order valence-corrected chi connectivity index (χ0v) is 12.9. The molecule has 1 aliphatic rings. The summed E-state index contributed by atoms with van der Waals surface area (Å²) in [6.45, 7) is 8.43. The quantitative estimate of drug-likeness (QED) is 0.939. The Bertz CT molecular complexity index is 616. The van der Waals surface area contributed by atoms with E-state index in [2.05, 4.69) is 54.4 Å². The lowest BCUT2D eigenvalue weighted by atomic mass is 10.1. The van der Waals surface area contributed by atoms with Gasteiger partial charge >= 0.3 is 0 Å². The summed E-state index contributed by atoms with van der Waals surface area (Å²) in [6.07, 6.45) is 0. The smallest absolute Gasteiger partial charge is 0.257 e. The van der Waals surface area contributed by atoms with Gasteiger partial charge in [0.1, 0.15) is 0 Å². The molecule has 0 saturated carbocycles. The molecule has 0 fully saturated rings. The lowest BCUT2D eigenvalue weighted by Crippen LogP contribution is -2.07. The minimum Gasteiger partial charge on any atom is -0.334 e. The van der Waals surface area contributed by atoms with Crippen molar-refractivity contribution in [1.29, 1.82) is 0 Å². The van der Waals surface area contributed by atoms with E-state index in [1.54, 1.807) is 0 Å². The SMILES string of the molecule is CC(C)(C)SCc1noc(-c2ccc3c(c2)CNC3)n1. The number of rotatable bonds is 3. The first kappa shape index (κ1) is 13.6. The fourth-order valence-electron chi connectivity index (χ4n) is 2.14. The van der Waals surface area contributed by atoms with Crippen molar-refractivity contribution in [2.75, 3.05) is 0 Å². The zero-order valence-electron chi connectivity index (χ0n) is 12.1. The summed E-state index contributed by atoms with van der Waals surface area (Å²) in [5.74, 6) is 2.15. The number of fused-ring (bicyclic) bond motifs is 1. The van der Waals surface area contributed by atoms with Gasteiger partial charge in [-0.2, -0.15) is 4.98 Å². The number of aromatic nitrogens is 2. The minimum atomic E-state index is 0.208. The normalized spacial score (nSPS) is 14.6. The van der Waals surface area contributed by atoms with Gasteiger partial charge in [-0.1, -0.05) is 32.0 Å².